The first-order valence-corrected chi connectivity index (χ1v) is 6.88. The van der Waals surface area contributed by atoms with Crippen LogP contribution in [0, 0.1) is 0 Å². The molecule has 106 valence electrons. The molecule has 2 amide bonds. The zero-order valence-electron chi connectivity index (χ0n) is 10.9. The van der Waals surface area contributed by atoms with E-state index in [1.54, 1.807) is 23.4 Å². The van der Waals surface area contributed by atoms with E-state index >= 15 is 0 Å². The van der Waals surface area contributed by atoms with Gasteiger partial charge in [-0.15, -0.1) is 11.3 Å². The summed E-state index contributed by atoms with van der Waals surface area (Å²) in [5.41, 5.74) is 0.564. The first-order valence-electron chi connectivity index (χ1n) is 6.01. The monoisotopic (exact) mass is 294 g/mol. The molecule has 1 fully saturated rings. The molecule has 1 aliphatic heterocycles. The molecular weight excluding hydrogens is 280 g/mol. The highest BCUT2D eigenvalue weighted by Gasteiger charge is 2.27. The van der Waals surface area contributed by atoms with Crippen molar-refractivity contribution in [2.24, 2.45) is 0 Å². The fraction of sp³-hybridized carbons (Fsp3) is 0.308. The largest absolute Gasteiger partial charge is 0.478 e. The van der Waals surface area contributed by atoms with Gasteiger partial charge in [0.2, 0.25) is 5.91 Å². The number of hydrogen-bond donors (Lipinski definition) is 1. The molecule has 1 saturated heterocycles. The van der Waals surface area contributed by atoms with E-state index in [0.29, 0.717) is 23.5 Å². The van der Waals surface area contributed by atoms with Gasteiger partial charge in [0.25, 0.3) is 5.91 Å². The molecule has 20 heavy (non-hydrogen) atoms. The fourth-order valence-electron chi connectivity index (χ4n) is 1.86. The number of carbonyl (C=O) groups excluding carboxylic acids is 2. The van der Waals surface area contributed by atoms with Crippen molar-refractivity contribution < 1.29 is 19.5 Å². The van der Waals surface area contributed by atoms with E-state index in [2.05, 4.69) is 0 Å². The summed E-state index contributed by atoms with van der Waals surface area (Å²) in [6.07, 6.45) is 2.39. The van der Waals surface area contributed by atoms with Gasteiger partial charge in [0.15, 0.2) is 0 Å². The molecule has 1 aromatic rings. The van der Waals surface area contributed by atoms with Crippen LogP contribution in [-0.4, -0.2) is 59.4 Å². The number of piperazine rings is 1. The topological polar surface area (TPSA) is 77.9 Å². The zero-order valence-corrected chi connectivity index (χ0v) is 11.7. The minimum Gasteiger partial charge on any atom is -0.478 e. The van der Waals surface area contributed by atoms with Crippen molar-refractivity contribution in [1.29, 1.82) is 0 Å². The van der Waals surface area contributed by atoms with Gasteiger partial charge < -0.3 is 14.9 Å². The van der Waals surface area contributed by atoms with Gasteiger partial charge in [-0.25, -0.2) is 4.79 Å². The second kappa shape index (κ2) is 5.87. The summed E-state index contributed by atoms with van der Waals surface area (Å²) in [4.78, 5) is 38.0. The van der Waals surface area contributed by atoms with Gasteiger partial charge in [0.05, 0.1) is 4.88 Å². The van der Waals surface area contributed by atoms with E-state index in [-0.39, 0.29) is 18.4 Å². The Balaban J connectivity index is 2.16. The Bertz CT molecular complexity index is 579. The molecule has 1 aliphatic rings. The summed E-state index contributed by atoms with van der Waals surface area (Å²) < 4.78 is 0. The van der Waals surface area contributed by atoms with Gasteiger partial charge in [-0.3, -0.25) is 9.59 Å². The van der Waals surface area contributed by atoms with E-state index in [9.17, 15) is 14.4 Å². The van der Waals surface area contributed by atoms with E-state index in [0.717, 1.165) is 6.08 Å². The quantitative estimate of drug-likeness (QED) is 0.835. The highest BCUT2D eigenvalue weighted by atomic mass is 32.1. The molecule has 0 saturated carbocycles. The molecule has 0 atom stereocenters. The number of thiophene rings is 1. The summed E-state index contributed by atoms with van der Waals surface area (Å²) in [5, 5.41) is 10.4. The molecule has 6 nitrogen and oxygen atoms in total. The summed E-state index contributed by atoms with van der Waals surface area (Å²) in [6.45, 7) is 1.06. The van der Waals surface area contributed by atoms with E-state index in [1.807, 2.05) is 0 Å². The molecule has 0 aromatic carbocycles. The Labute approximate surface area is 119 Å². The van der Waals surface area contributed by atoms with Crippen LogP contribution in [0.3, 0.4) is 0 Å². The number of rotatable bonds is 3. The standard InChI is InChI=1S/C13H14N2O4S/c1-14-5-6-15(8-10(14)16)13(19)12-9(4-7-20-12)2-3-11(17)18/h2-4,7H,5-6,8H2,1H3,(H,17,18). The van der Waals surface area contributed by atoms with Crippen LogP contribution in [0.5, 0.6) is 0 Å². The van der Waals surface area contributed by atoms with Crippen LogP contribution >= 0.6 is 11.3 Å². The Morgan fingerprint density at radius 1 is 1.40 bits per heavy atom. The third kappa shape index (κ3) is 3.05. The second-order valence-corrected chi connectivity index (χ2v) is 5.33. The zero-order chi connectivity index (χ0) is 14.7. The van der Waals surface area contributed by atoms with Crippen LogP contribution in [0.25, 0.3) is 6.08 Å². The van der Waals surface area contributed by atoms with Crippen molar-refractivity contribution in [2.75, 3.05) is 26.7 Å². The lowest BCUT2D eigenvalue weighted by molar-refractivity contribution is -0.133. The van der Waals surface area contributed by atoms with Crippen LogP contribution in [0.2, 0.25) is 0 Å². The number of carboxylic acid groups (broad SMARTS) is 1. The molecule has 0 spiro atoms. The third-order valence-corrected chi connectivity index (χ3v) is 3.96. The average molecular weight is 294 g/mol. The normalized spacial score (nSPS) is 15.9. The SMILES string of the molecule is CN1CCN(C(=O)c2sccc2C=CC(=O)O)CC1=O. The number of carboxylic acids is 1. The van der Waals surface area contributed by atoms with Crippen molar-refractivity contribution in [3.05, 3.63) is 28.0 Å². The minimum absolute atomic E-state index is 0.0648. The van der Waals surface area contributed by atoms with Crippen molar-refractivity contribution in [3.8, 4) is 0 Å². The lowest BCUT2D eigenvalue weighted by Crippen LogP contribution is -2.50. The van der Waals surface area contributed by atoms with Crippen molar-refractivity contribution in [1.82, 2.24) is 9.80 Å². The first kappa shape index (κ1) is 14.3. The van der Waals surface area contributed by atoms with Gasteiger partial charge in [-0.2, -0.15) is 0 Å². The average Bonchev–Trinajstić information content (AvgIpc) is 2.87. The van der Waals surface area contributed by atoms with Crippen molar-refractivity contribution in [3.63, 3.8) is 0 Å². The van der Waals surface area contributed by atoms with Crippen LogP contribution in [0.4, 0.5) is 0 Å². The number of likely N-dealkylation sites (N-methyl/N-ethyl adjacent to an activating group) is 1. The number of aliphatic carboxylic acids is 1. The molecule has 1 aromatic heterocycles. The van der Waals surface area contributed by atoms with Gasteiger partial charge in [-0.05, 0) is 23.1 Å². The summed E-state index contributed by atoms with van der Waals surface area (Å²) >= 11 is 1.24. The summed E-state index contributed by atoms with van der Waals surface area (Å²) in [6, 6.07) is 1.69. The lowest BCUT2D eigenvalue weighted by Gasteiger charge is -2.31. The summed E-state index contributed by atoms with van der Waals surface area (Å²) in [7, 11) is 1.70. The van der Waals surface area contributed by atoms with E-state index in [1.165, 1.54) is 22.3 Å². The molecule has 0 radical (unpaired) electrons. The molecule has 1 N–H and O–H groups in total. The van der Waals surface area contributed by atoms with E-state index < -0.39 is 5.97 Å². The molecule has 0 aliphatic carbocycles. The number of nitrogens with zero attached hydrogens (tertiary/aromatic N) is 2. The minimum atomic E-state index is -1.07. The van der Waals surface area contributed by atoms with Crippen LogP contribution in [0.15, 0.2) is 17.5 Å². The highest BCUT2D eigenvalue weighted by Crippen LogP contribution is 2.21. The predicted molar refractivity (Wildman–Crippen MR) is 74.5 cm³/mol. The first-order chi connectivity index (χ1) is 9.49. The van der Waals surface area contributed by atoms with Crippen molar-refractivity contribution >= 4 is 35.2 Å². The Morgan fingerprint density at radius 3 is 2.80 bits per heavy atom. The maximum atomic E-state index is 12.4. The van der Waals surface area contributed by atoms with Gasteiger partial charge in [0.1, 0.15) is 6.54 Å². The molecule has 0 bridgehead atoms. The number of amides is 2. The number of carbonyl (C=O) groups is 3. The fourth-order valence-corrected chi connectivity index (χ4v) is 2.71. The Hall–Kier alpha value is -2.15. The van der Waals surface area contributed by atoms with Crippen LogP contribution < -0.4 is 0 Å². The molecule has 7 heteroatoms. The highest BCUT2D eigenvalue weighted by molar-refractivity contribution is 7.12. The van der Waals surface area contributed by atoms with Crippen molar-refractivity contribution in [2.45, 2.75) is 0 Å². The Morgan fingerprint density at radius 2 is 2.15 bits per heavy atom. The molecule has 2 heterocycles. The molecule has 2 rings (SSSR count). The maximum absolute atomic E-state index is 12.4. The lowest BCUT2D eigenvalue weighted by atomic mass is 10.2. The smallest absolute Gasteiger partial charge is 0.328 e. The van der Waals surface area contributed by atoms with Crippen LogP contribution in [0.1, 0.15) is 15.2 Å². The second-order valence-electron chi connectivity index (χ2n) is 4.42. The van der Waals surface area contributed by atoms with Gasteiger partial charge in [0, 0.05) is 26.2 Å². The third-order valence-electron chi connectivity index (χ3n) is 3.04. The maximum Gasteiger partial charge on any atom is 0.328 e. The summed E-state index contributed by atoms with van der Waals surface area (Å²) in [5.74, 6) is -1.39. The predicted octanol–water partition coefficient (Wildman–Crippen LogP) is 0.760. The van der Waals surface area contributed by atoms with E-state index in [4.69, 9.17) is 5.11 Å². The Kier molecular flexibility index (Phi) is 4.19. The van der Waals surface area contributed by atoms with Gasteiger partial charge >= 0.3 is 5.97 Å². The number of hydrogen-bond acceptors (Lipinski definition) is 4. The molecular formula is C13H14N2O4S. The van der Waals surface area contributed by atoms with Crippen LogP contribution in [-0.2, 0) is 9.59 Å². The van der Waals surface area contributed by atoms with Gasteiger partial charge in [-0.1, -0.05) is 0 Å². The molecule has 0 unspecified atom stereocenters.